The summed E-state index contributed by atoms with van der Waals surface area (Å²) in [5, 5.41) is 3.68. The molecule has 1 N–H and O–H groups in total. The predicted molar refractivity (Wildman–Crippen MR) is 89.6 cm³/mol. The van der Waals surface area contributed by atoms with Gasteiger partial charge in [-0.05, 0) is 62.9 Å². The van der Waals surface area contributed by atoms with Crippen molar-refractivity contribution >= 4 is 0 Å². The van der Waals surface area contributed by atoms with Crippen LogP contribution in [0.4, 0.5) is 0 Å². The van der Waals surface area contributed by atoms with Crippen LogP contribution in [0.1, 0.15) is 47.5 Å². The van der Waals surface area contributed by atoms with Crippen molar-refractivity contribution in [3.05, 3.63) is 64.5 Å². The molecule has 2 aromatic rings. The second-order valence-electron chi connectivity index (χ2n) is 5.76. The summed E-state index contributed by atoms with van der Waals surface area (Å²) in [5.74, 6) is 0. The third-order valence-electron chi connectivity index (χ3n) is 3.97. The maximum atomic E-state index is 4.63. The monoisotopic (exact) mass is 282 g/mol. The molecule has 1 aromatic carbocycles. The highest BCUT2D eigenvalue weighted by Crippen LogP contribution is 2.23. The number of hydrogen-bond acceptors (Lipinski definition) is 2. The Morgan fingerprint density at radius 3 is 2.48 bits per heavy atom. The van der Waals surface area contributed by atoms with Crippen LogP contribution in [-0.4, -0.2) is 11.5 Å². The summed E-state index contributed by atoms with van der Waals surface area (Å²) in [6, 6.07) is 13.3. The lowest BCUT2D eigenvalue weighted by Gasteiger charge is -2.22. The van der Waals surface area contributed by atoms with E-state index in [1.54, 1.807) is 0 Å². The van der Waals surface area contributed by atoms with Gasteiger partial charge in [0, 0.05) is 17.4 Å². The van der Waals surface area contributed by atoms with Crippen LogP contribution >= 0.6 is 0 Å². The number of benzene rings is 1. The fourth-order valence-corrected chi connectivity index (χ4v) is 2.74. The number of nitrogens with one attached hydrogen (secondary N) is 1. The SMILES string of the molecule is CCCNC(Cc1ccccc1C)c1ccc(C)nc1C. The van der Waals surface area contributed by atoms with Gasteiger partial charge in [-0.3, -0.25) is 4.98 Å². The number of aromatic nitrogens is 1. The highest BCUT2D eigenvalue weighted by molar-refractivity contribution is 5.31. The van der Waals surface area contributed by atoms with E-state index in [-0.39, 0.29) is 0 Å². The van der Waals surface area contributed by atoms with Gasteiger partial charge in [0.2, 0.25) is 0 Å². The van der Waals surface area contributed by atoms with Crippen LogP contribution < -0.4 is 5.32 Å². The van der Waals surface area contributed by atoms with Gasteiger partial charge in [0.25, 0.3) is 0 Å². The van der Waals surface area contributed by atoms with Gasteiger partial charge in [0.1, 0.15) is 0 Å². The zero-order valence-corrected chi connectivity index (χ0v) is 13.6. The average Bonchev–Trinajstić information content (AvgIpc) is 2.46. The molecule has 0 spiro atoms. The van der Waals surface area contributed by atoms with E-state index in [1.165, 1.54) is 16.7 Å². The van der Waals surface area contributed by atoms with Crippen LogP contribution in [0.25, 0.3) is 0 Å². The average molecular weight is 282 g/mol. The number of rotatable bonds is 6. The molecule has 1 unspecified atom stereocenters. The highest BCUT2D eigenvalue weighted by atomic mass is 14.9. The van der Waals surface area contributed by atoms with Crippen LogP contribution in [0.15, 0.2) is 36.4 Å². The molecule has 0 fully saturated rings. The van der Waals surface area contributed by atoms with Crippen LogP contribution in [-0.2, 0) is 6.42 Å². The molecule has 1 heterocycles. The lowest BCUT2D eigenvalue weighted by molar-refractivity contribution is 0.524. The zero-order valence-electron chi connectivity index (χ0n) is 13.6. The normalized spacial score (nSPS) is 12.4. The minimum Gasteiger partial charge on any atom is -0.310 e. The summed E-state index contributed by atoms with van der Waals surface area (Å²) < 4.78 is 0. The molecule has 0 radical (unpaired) electrons. The Balaban J connectivity index is 2.27. The summed E-state index contributed by atoms with van der Waals surface area (Å²) in [4.78, 5) is 4.63. The first kappa shape index (κ1) is 15.7. The molecule has 2 nitrogen and oxygen atoms in total. The topological polar surface area (TPSA) is 24.9 Å². The maximum absolute atomic E-state index is 4.63. The minimum atomic E-state index is 0.333. The standard InChI is InChI=1S/C19H26N2/c1-5-12-20-19(13-17-9-7-6-8-14(17)2)18-11-10-15(3)21-16(18)4/h6-11,19-20H,5,12-13H2,1-4H3. The second kappa shape index (κ2) is 7.37. The summed E-state index contributed by atoms with van der Waals surface area (Å²) >= 11 is 0. The quantitative estimate of drug-likeness (QED) is 0.855. The second-order valence-corrected chi connectivity index (χ2v) is 5.76. The van der Waals surface area contributed by atoms with E-state index in [0.29, 0.717) is 6.04 Å². The summed E-state index contributed by atoms with van der Waals surface area (Å²) in [7, 11) is 0. The molecule has 0 saturated carbocycles. The molecule has 0 saturated heterocycles. The van der Waals surface area contributed by atoms with E-state index in [4.69, 9.17) is 0 Å². The zero-order chi connectivity index (χ0) is 15.2. The Bertz CT molecular complexity index is 590. The fraction of sp³-hybridized carbons (Fsp3) is 0.421. The van der Waals surface area contributed by atoms with Crippen molar-refractivity contribution in [2.75, 3.05) is 6.54 Å². The molecule has 0 bridgehead atoms. The molecule has 0 amide bonds. The number of hydrogen-bond donors (Lipinski definition) is 1. The van der Waals surface area contributed by atoms with E-state index in [9.17, 15) is 0 Å². The number of nitrogens with zero attached hydrogens (tertiary/aromatic N) is 1. The lowest BCUT2D eigenvalue weighted by Crippen LogP contribution is -2.25. The highest BCUT2D eigenvalue weighted by Gasteiger charge is 2.15. The predicted octanol–water partition coefficient (Wildman–Crippen LogP) is 4.29. The van der Waals surface area contributed by atoms with Crippen molar-refractivity contribution in [3.8, 4) is 0 Å². The van der Waals surface area contributed by atoms with Gasteiger partial charge in [-0.15, -0.1) is 0 Å². The molecule has 0 aliphatic heterocycles. The third kappa shape index (κ3) is 4.15. The Labute approximate surface area is 128 Å². The molecule has 21 heavy (non-hydrogen) atoms. The molecule has 0 aliphatic rings. The minimum absolute atomic E-state index is 0.333. The molecular weight excluding hydrogens is 256 g/mol. The molecule has 2 rings (SSSR count). The van der Waals surface area contributed by atoms with Gasteiger partial charge in [0.05, 0.1) is 0 Å². The van der Waals surface area contributed by atoms with E-state index < -0.39 is 0 Å². The van der Waals surface area contributed by atoms with Gasteiger partial charge in [-0.1, -0.05) is 37.3 Å². The number of aryl methyl sites for hydroxylation is 3. The molecule has 1 atom stereocenters. The number of pyridine rings is 1. The summed E-state index contributed by atoms with van der Waals surface area (Å²) in [5.41, 5.74) is 6.31. The van der Waals surface area contributed by atoms with Crippen molar-refractivity contribution in [2.45, 2.75) is 46.6 Å². The van der Waals surface area contributed by atoms with Crippen LogP contribution in [0.3, 0.4) is 0 Å². The van der Waals surface area contributed by atoms with Crippen molar-refractivity contribution in [1.82, 2.24) is 10.3 Å². The van der Waals surface area contributed by atoms with E-state index in [0.717, 1.165) is 30.8 Å². The fourth-order valence-electron chi connectivity index (χ4n) is 2.74. The van der Waals surface area contributed by atoms with Crippen LogP contribution in [0.5, 0.6) is 0 Å². The van der Waals surface area contributed by atoms with Gasteiger partial charge >= 0.3 is 0 Å². The van der Waals surface area contributed by atoms with Crippen molar-refractivity contribution < 1.29 is 0 Å². The van der Waals surface area contributed by atoms with E-state index in [1.807, 2.05) is 6.92 Å². The molecule has 1 aromatic heterocycles. The van der Waals surface area contributed by atoms with Crippen molar-refractivity contribution in [3.63, 3.8) is 0 Å². The first-order chi connectivity index (χ1) is 10.1. The van der Waals surface area contributed by atoms with Gasteiger partial charge < -0.3 is 5.32 Å². The Morgan fingerprint density at radius 2 is 1.81 bits per heavy atom. The maximum Gasteiger partial charge on any atom is 0.0423 e. The summed E-state index contributed by atoms with van der Waals surface area (Å²) in [6.45, 7) is 9.59. The van der Waals surface area contributed by atoms with Crippen molar-refractivity contribution in [1.29, 1.82) is 0 Å². The van der Waals surface area contributed by atoms with Gasteiger partial charge in [-0.25, -0.2) is 0 Å². The molecule has 0 aliphatic carbocycles. The van der Waals surface area contributed by atoms with Crippen LogP contribution in [0.2, 0.25) is 0 Å². The largest absolute Gasteiger partial charge is 0.310 e. The van der Waals surface area contributed by atoms with Gasteiger partial charge in [0.15, 0.2) is 0 Å². The first-order valence-corrected chi connectivity index (χ1v) is 7.84. The van der Waals surface area contributed by atoms with E-state index >= 15 is 0 Å². The van der Waals surface area contributed by atoms with Crippen LogP contribution in [0, 0.1) is 20.8 Å². The lowest BCUT2D eigenvalue weighted by atomic mass is 9.95. The Kier molecular flexibility index (Phi) is 5.51. The van der Waals surface area contributed by atoms with E-state index in [2.05, 4.69) is 67.5 Å². The first-order valence-electron chi connectivity index (χ1n) is 7.84. The Hall–Kier alpha value is -1.67. The molecule has 2 heteroatoms. The smallest absolute Gasteiger partial charge is 0.0423 e. The van der Waals surface area contributed by atoms with Gasteiger partial charge in [-0.2, -0.15) is 0 Å². The summed E-state index contributed by atoms with van der Waals surface area (Å²) in [6.07, 6.45) is 2.15. The molecular formula is C19H26N2. The Morgan fingerprint density at radius 1 is 1.05 bits per heavy atom. The molecule has 112 valence electrons. The van der Waals surface area contributed by atoms with Crippen molar-refractivity contribution in [2.24, 2.45) is 0 Å². The third-order valence-corrected chi connectivity index (χ3v) is 3.97.